The van der Waals surface area contributed by atoms with E-state index in [0.29, 0.717) is 6.10 Å². The summed E-state index contributed by atoms with van der Waals surface area (Å²) in [5.74, 6) is 0.960. The molecule has 1 saturated carbocycles. The highest BCUT2D eigenvalue weighted by molar-refractivity contribution is 14.1. The Morgan fingerprint density at radius 2 is 1.75 bits per heavy atom. The van der Waals surface area contributed by atoms with E-state index in [2.05, 4.69) is 43.4 Å². The number of rotatable bonds is 6. The van der Waals surface area contributed by atoms with Gasteiger partial charge < -0.3 is 4.74 Å². The Labute approximate surface area is 115 Å². The van der Waals surface area contributed by atoms with Crippen molar-refractivity contribution in [3.63, 3.8) is 0 Å². The summed E-state index contributed by atoms with van der Waals surface area (Å²) in [6.07, 6.45) is 9.46. The minimum Gasteiger partial charge on any atom is -0.371 e. The summed E-state index contributed by atoms with van der Waals surface area (Å²) in [6.45, 7) is 6.81. The van der Waals surface area contributed by atoms with Crippen molar-refractivity contribution < 1.29 is 4.74 Å². The van der Waals surface area contributed by atoms with E-state index in [0.717, 1.165) is 23.2 Å². The van der Waals surface area contributed by atoms with Gasteiger partial charge >= 0.3 is 0 Å². The van der Waals surface area contributed by atoms with Gasteiger partial charge in [-0.2, -0.15) is 0 Å². The van der Waals surface area contributed by atoms with Crippen LogP contribution in [-0.2, 0) is 4.74 Å². The molecule has 0 aromatic rings. The van der Waals surface area contributed by atoms with Crippen molar-refractivity contribution in [3.05, 3.63) is 0 Å². The number of hydrogen-bond donors (Lipinski definition) is 0. The fourth-order valence-corrected chi connectivity index (χ4v) is 3.65. The van der Waals surface area contributed by atoms with Gasteiger partial charge in [-0.1, -0.05) is 49.8 Å². The summed E-state index contributed by atoms with van der Waals surface area (Å²) in [5.41, 5.74) is 0.211. The van der Waals surface area contributed by atoms with Crippen LogP contribution in [0.4, 0.5) is 0 Å². The zero-order chi connectivity index (χ0) is 12.0. The van der Waals surface area contributed by atoms with Crippen LogP contribution in [0, 0.1) is 5.92 Å². The molecule has 16 heavy (non-hydrogen) atoms. The Morgan fingerprint density at radius 3 is 2.12 bits per heavy atom. The molecule has 0 amide bonds. The Morgan fingerprint density at radius 1 is 1.19 bits per heavy atom. The van der Waals surface area contributed by atoms with Gasteiger partial charge in [0, 0.05) is 4.43 Å². The van der Waals surface area contributed by atoms with Gasteiger partial charge in [0.15, 0.2) is 0 Å². The monoisotopic (exact) mass is 338 g/mol. The maximum Gasteiger partial charge on any atom is 0.0775 e. The van der Waals surface area contributed by atoms with E-state index in [1.54, 1.807) is 0 Å². The predicted molar refractivity (Wildman–Crippen MR) is 79.3 cm³/mol. The van der Waals surface area contributed by atoms with Crippen molar-refractivity contribution in [3.8, 4) is 0 Å². The van der Waals surface area contributed by atoms with E-state index in [1.165, 1.54) is 32.1 Å². The normalized spacial score (nSPS) is 30.9. The largest absolute Gasteiger partial charge is 0.371 e. The van der Waals surface area contributed by atoms with Gasteiger partial charge in [-0.15, -0.1) is 0 Å². The maximum absolute atomic E-state index is 6.41. The third-order valence-corrected chi connectivity index (χ3v) is 5.55. The Bertz CT molecular complexity index is 181. The topological polar surface area (TPSA) is 9.23 Å². The van der Waals surface area contributed by atoms with E-state index >= 15 is 0 Å². The summed E-state index contributed by atoms with van der Waals surface area (Å²) in [7, 11) is 0. The van der Waals surface area contributed by atoms with Crippen molar-refractivity contribution >= 4 is 22.6 Å². The zero-order valence-electron chi connectivity index (χ0n) is 11.1. The minimum atomic E-state index is 0.211. The molecule has 1 rings (SSSR count). The van der Waals surface area contributed by atoms with Crippen molar-refractivity contribution in [1.29, 1.82) is 0 Å². The summed E-state index contributed by atoms with van der Waals surface area (Å²) in [4.78, 5) is 0. The van der Waals surface area contributed by atoms with Gasteiger partial charge in [-0.25, -0.2) is 0 Å². The first-order chi connectivity index (χ1) is 7.69. The molecule has 96 valence electrons. The third-order valence-electron chi connectivity index (χ3n) is 4.16. The van der Waals surface area contributed by atoms with Crippen molar-refractivity contribution in [2.24, 2.45) is 5.92 Å². The van der Waals surface area contributed by atoms with E-state index in [1.807, 2.05) is 0 Å². The average molecular weight is 338 g/mol. The quantitative estimate of drug-likeness (QED) is 0.491. The van der Waals surface area contributed by atoms with Crippen LogP contribution in [0.5, 0.6) is 0 Å². The van der Waals surface area contributed by atoms with E-state index in [9.17, 15) is 0 Å². The van der Waals surface area contributed by atoms with E-state index in [4.69, 9.17) is 4.74 Å². The van der Waals surface area contributed by atoms with Gasteiger partial charge in [0.2, 0.25) is 0 Å². The molecule has 0 aliphatic heterocycles. The molecular formula is C14H27IO. The van der Waals surface area contributed by atoms with Gasteiger partial charge in [-0.05, 0) is 44.4 Å². The van der Waals surface area contributed by atoms with Crippen LogP contribution < -0.4 is 0 Å². The second kappa shape index (κ2) is 7.20. The molecule has 0 bridgehead atoms. The molecule has 1 aliphatic rings. The minimum absolute atomic E-state index is 0.211. The molecule has 0 radical (unpaired) electrons. The first-order valence-corrected chi connectivity index (χ1v) is 8.46. The molecule has 2 heteroatoms. The lowest BCUT2D eigenvalue weighted by atomic mass is 9.78. The van der Waals surface area contributed by atoms with Crippen molar-refractivity contribution in [2.45, 2.75) is 77.4 Å². The molecule has 0 heterocycles. The molecule has 0 N–H and O–H groups in total. The van der Waals surface area contributed by atoms with Crippen molar-refractivity contribution in [2.75, 3.05) is 4.43 Å². The lowest BCUT2D eigenvalue weighted by Gasteiger charge is -2.41. The molecule has 1 aliphatic carbocycles. The Balaban J connectivity index is 2.51. The highest BCUT2D eigenvalue weighted by Crippen LogP contribution is 2.38. The SMILES string of the molecule is CCC1CCC(CI)(OC(CC)CC)CC1. The summed E-state index contributed by atoms with van der Waals surface area (Å²) >= 11 is 2.52. The predicted octanol–water partition coefficient (Wildman–Crippen LogP) is 4.97. The van der Waals surface area contributed by atoms with Crippen LogP contribution in [-0.4, -0.2) is 16.1 Å². The van der Waals surface area contributed by atoms with Crippen LogP contribution in [0.3, 0.4) is 0 Å². The third kappa shape index (κ3) is 3.86. The number of halogens is 1. The highest BCUT2D eigenvalue weighted by Gasteiger charge is 2.36. The first kappa shape index (κ1) is 14.7. The first-order valence-electron chi connectivity index (χ1n) is 6.93. The lowest BCUT2D eigenvalue weighted by molar-refractivity contribution is -0.105. The lowest BCUT2D eigenvalue weighted by Crippen LogP contribution is -2.41. The summed E-state index contributed by atoms with van der Waals surface area (Å²) in [6, 6.07) is 0. The highest BCUT2D eigenvalue weighted by atomic mass is 127. The van der Waals surface area contributed by atoms with Crippen LogP contribution in [0.2, 0.25) is 0 Å². The fraction of sp³-hybridized carbons (Fsp3) is 1.00. The molecule has 1 fully saturated rings. The van der Waals surface area contributed by atoms with E-state index < -0.39 is 0 Å². The van der Waals surface area contributed by atoms with Gasteiger partial charge in [-0.3, -0.25) is 0 Å². The Kier molecular flexibility index (Phi) is 6.63. The molecule has 0 aromatic heterocycles. The van der Waals surface area contributed by atoms with Crippen LogP contribution in [0.1, 0.15) is 65.7 Å². The number of alkyl halides is 1. The van der Waals surface area contributed by atoms with Gasteiger partial charge in [0.1, 0.15) is 0 Å². The summed E-state index contributed by atoms with van der Waals surface area (Å²) in [5, 5.41) is 0. The molecule has 0 atom stereocenters. The van der Waals surface area contributed by atoms with Crippen LogP contribution in [0.15, 0.2) is 0 Å². The number of ether oxygens (including phenoxy) is 1. The second-order valence-corrected chi connectivity index (χ2v) is 5.99. The Hall–Kier alpha value is 0.690. The molecule has 1 nitrogen and oxygen atoms in total. The molecule has 0 saturated heterocycles. The van der Waals surface area contributed by atoms with Crippen LogP contribution >= 0.6 is 22.6 Å². The standard InChI is InChI=1S/C14H27IO/c1-4-12-7-9-14(11-15,10-8-12)16-13(5-2)6-3/h12-13H,4-11H2,1-3H3. The smallest absolute Gasteiger partial charge is 0.0775 e. The fourth-order valence-electron chi connectivity index (χ4n) is 2.70. The van der Waals surface area contributed by atoms with Gasteiger partial charge in [0.25, 0.3) is 0 Å². The molecule has 0 unspecified atom stereocenters. The summed E-state index contributed by atoms with van der Waals surface area (Å²) < 4.78 is 7.58. The van der Waals surface area contributed by atoms with E-state index in [-0.39, 0.29) is 5.60 Å². The zero-order valence-corrected chi connectivity index (χ0v) is 13.3. The average Bonchev–Trinajstić information content (AvgIpc) is 2.36. The van der Waals surface area contributed by atoms with Crippen LogP contribution in [0.25, 0.3) is 0 Å². The molecule has 0 spiro atoms. The molecular weight excluding hydrogens is 311 g/mol. The van der Waals surface area contributed by atoms with Gasteiger partial charge in [0.05, 0.1) is 11.7 Å². The molecule has 0 aromatic carbocycles. The second-order valence-electron chi connectivity index (χ2n) is 5.22. The number of hydrogen-bond acceptors (Lipinski definition) is 1. The van der Waals surface area contributed by atoms with Crippen molar-refractivity contribution in [1.82, 2.24) is 0 Å². The maximum atomic E-state index is 6.41.